The van der Waals surface area contributed by atoms with Gasteiger partial charge in [-0.3, -0.25) is 4.68 Å². The van der Waals surface area contributed by atoms with Crippen LogP contribution in [0.1, 0.15) is 59.2 Å². The first-order valence-corrected chi connectivity index (χ1v) is 7.13. The van der Waals surface area contributed by atoms with Crippen LogP contribution < -0.4 is 5.32 Å². The van der Waals surface area contributed by atoms with E-state index < -0.39 is 0 Å². The normalized spacial score (nSPS) is 14.2. The highest BCUT2D eigenvalue weighted by molar-refractivity contribution is 5.04. The van der Waals surface area contributed by atoms with Gasteiger partial charge < -0.3 is 5.32 Å². The van der Waals surface area contributed by atoms with Crippen molar-refractivity contribution in [1.29, 1.82) is 0 Å². The van der Waals surface area contributed by atoms with Gasteiger partial charge in [-0.2, -0.15) is 5.10 Å². The molecule has 1 aromatic heterocycles. The first kappa shape index (κ1) is 15.2. The van der Waals surface area contributed by atoms with Gasteiger partial charge >= 0.3 is 0 Å². The fourth-order valence-electron chi connectivity index (χ4n) is 2.40. The molecule has 3 heteroatoms. The lowest BCUT2D eigenvalue weighted by molar-refractivity contribution is 0.277. The summed E-state index contributed by atoms with van der Waals surface area (Å²) < 4.78 is 2.13. The van der Waals surface area contributed by atoms with Crippen LogP contribution in [0.2, 0.25) is 0 Å². The molecule has 0 fully saturated rings. The molecule has 1 N–H and O–H groups in total. The van der Waals surface area contributed by atoms with Crippen LogP contribution in [0, 0.1) is 5.41 Å². The SMILES string of the molecule is CCC(CC)n1ccc(CC(NC)C(C)(C)C)n1. The van der Waals surface area contributed by atoms with E-state index in [1.165, 1.54) is 5.69 Å². The highest BCUT2D eigenvalue weighted by Gasteiger charge is 2.24. The fraction of sp³-hybridized carbons (Fsp3) is 0.800. The van der Waals surface area contributed by atoms with Crippen molar-refractivity contribution in [1.82, 2.24) is 15.1 Å². The van der Waals surface area contributed by atoms with Crippen molar-refractivity contribution in [2.45, 2.75) is 66.0 Å². The predicted molar refractivity (Wildman–Crippen MR) is 77.9 cm³/mol. The molecule has 0 aliphatic heterocycles. The van der Waals surface area contributed by atoms with E-state index in [0.29, 0.717) is 12.1 Å². The van der Waals surface area contributed by atoms with Gasteiger partial charge in [0, 0.05) is 18.7 Å². The maximum absolute atomic E-state index is 4.73. The molecule has 1 heterocycles. The molecular formula is C15H29N3. The summed E-state index contributed by atoms with van der Waals surface area (Å²) in [6, 6.07) is 3.16. The molecule has 104 valence electrons. The lowest BCUT2D eigenvalue weighted by atomic mass is 9.84. The summed E-state index contributed by atoms with van der Waals surface area (Å²) >= 11 is 0. The minimum absolute atomic E-state index is 0.257. The van der Waals surface area contributed by atoms with Crippen molar-refractivity contribution in [3.63, 3.8) is 0 Å². The number of nitrogens with zero attached hydrogens (tertiary/aromatic N) is 2. The molecule has 0 aromatic carbocycles. The Labute approximate surface area is 112 Å². The molecule has 1 unspecified atom stereocenters. The largest absolute Gasteiger partial charge is 0.316 e. The Hall–Kier alpha value is -0.830. The summed E-state index contributed by atoms with van der Waals surface area (Å²) in [4.78, 5) is 0. The Morgan fingerprint density at radius 1 is 1.28 bits per heavy atom. The molecule has 18 heavy (non-hydrogen) atoms. The van der Waals surface area contributed by atoms with Crippen molar-refractivity contribution in [3.8, 4) is 0 Å². The number of nitrogens with one attached hydrogen (secondary N) is 1. The molecule has 0 aliphatic carbocycles. The second-order valence-corrected chi connectivity index (χ2v) is 6.17. The maximum Gasteiger partial charge on any atom is 0.0640 e. The molecule has 0 radical (unpaired) electrons. The Morgan fingerprint density at radius 2 is 1.89 bits per heavy atom. The lowest BCUT2D eigenvalue weighted by Crippen LogP contribution is -2.39. The van der Waals surface area contributed by atoms with E-state index in [2.05, 4.69) is 56.9 Å². The van der Waals surface area contributed by atoms with Crippen LogP contribution in [-0.4, -0.2) is 22.9 Å². The first-order valence-electron chi connectivity index (χ1n) is 7.13. The third-order valence-corrected chi connectivity index (χ3v) is 3.79. The summed E-state index contributed by atoms with van der Waals surface area (Å²) in [5, 5.41) is 8.14. The second kappa shape index (κ2) is 6.37. The van der Waals surface area contributed by atoms with Crippen molar-refractivity contribution in [2.24, 2.45) is 5.41 Å². The Bertz CT molecular complexity index is 345. The predicted octanol–water partition coefficient (Wildman–Crippen LogP) is 3.42. The number of hydrogen-bond acceptors (Lipinski definition) is 2. The summed E-state index contributed by atoms with van der Waals surface area (Å²) in [7, 11) is 2.04. The molecule has 0 spiro atoms. The molecule has 0 amide bonds. The summed E-state index contributed by atoms with van der Waals surface area (Å²) in [5.41, 5.74) is 1.45. The van der Waals surface area contributed by atoms with Crippen molar-refractivity contribution in [3.05, 3.63) is 18.0 Å². The van der Waals surface area contributed by atoms with Gasteiger partial charge in [0.1, 0.15) is 0 Å². The van der Waals surface area contributed by atoms with Crippen molar-refractivity contribution < 1.29 is 0 Å². The lowest BCUT2D eigenvalue weighted by Gasteiger charge is -2.29. The highest BCUT2D eigenvalue weighted by Crippen LogP contribution is 2.22. The van der Waals surface area contributed by atoms with E-state index in [9.17, 15) is 0 Å². The zero-order valence-electron chi connectivity index (χ0n) is 12.8. The van der Waals surface area contributed by atoms with Crippen LogP contribution in [0.5, 0.6) is 0 Å². The monoisotopic (exact) mass is 251 g/mol. The topological polar surface area (TPSA) is 29.9 Å². The van der Waals surface area contributed by atoms with Gasteiger partial charge in [0.2, 0.25) is 0 Å². The third-order valence-electron chi connectivity index (χ3n) is 3.79. The summed E-state index contributed by atoms with van der Waals surface area (Å²) in [6.45, 7) is 11.3. The molecule has 1 atom stereocenters. The Balaban J connectivity index is 2.74. The number of aromatic nitrogens is 2. The smallest absolute Gasteiger partial charge is 0.0640 e. The van der Waals surface area contributed by atoms with E-state index in [1.54, 1.807) is 0 Å². The molecule has 0 bridgehead atoms. The van der Waals surface area contributed by atoms with Crippen molar-refractivity contribution in [2.75, 3.05) is 7.05 Å². The average molecular weight is 251 g/mol. The number of hydrogen-bond donors (Lipinski definition) is 1. The van der Waals surface area contributed by atoms with E-state index in [4.69, 9.17) is 5.10 Å². The average Bonchev–Trinajstić information content (AvgIpc) is 2.74. The maximum atomic E-state index is 4.73. The number of likely N-dealkylation sites (N-methyl/N-ethyl adjacent to an activating group) is 1. The number of rotatable bonds is 6. The van der Waals surface area contributed by atoms with E-state index >= 15 is 0 Å². The minimum Gasteiger partial charge on any atom is -0.316 e. The molecule has 0 saturated heterocycles. The van der Waals surface area contributed by atoms with Gasteiger partial charge in [-0.25, -0.2) is 0 Å². The second-order valence-electron chi connectivity index (χ2n) is 6.17. The van der Waals surface area contributed by atoms with E-state index in [-0.39, 0.29) is 5.41 Å². The summed E-state index contributed by atoms with van der Waals surface area (Å²) in [5.74, 6) is 0. The first-order chi connectivity index (χ1) is 8.42. The standard InChI is InChI=1S/C15H29N3/c1-7-13(8-2)18-10-9-12(17-18)11-14(16-6)15(3,4)5/h9-10,13-14,16H,7-8,11H2,1-6H3. The fourth-order valence-corrected chi connectivity index (χ4v) is 2.40. The zero-order valence-corrected chi connectivity index (χ0v) is 12.8. The molecule has 0 aliphatic rings. The zero-order chi connectivity index (χ0) is 13.8. The van der Waals surface area contributed by atoms with Gasteiger partial charge in [-0.1, -0.05) is 34.6 Å². The van der Waals surface area contributed by atoms with Crippen LogP contribution in [-0.2, 0) is 6.42 Å². The molecular weight excluding hydrogens is 222 g/mol. The Morgan fingerprint density at radius 3 is 2.33 bits per heavy atom. The quantitative estimate of drug-likeness (QED) is 0.839. The molecule has 3 nitrogen and oxygen atoms in total. The van der Waals surface area contributed by atoms with Gasteiger partial charge in [0.15, 0.2) is 0 Å². The van der Waals surface area contributed by atoms with Crippen LogP contribution in [0.15, 0.2) is 12.3 Å². The van der Waals surface area contributed by atoms with Gasteiger partial charge in [0.25, 0.3) is 0 Å². The van der Waals surface area contributed by atoms with Gasteiger partial charge in [-0.05, 0) is 31.4 Å². The third kappa shape index (κ3) is 3.84. The molecule has 1 aromatic rings. The van der Waals surface area contributed by atoms with Crippen LogP contribution >= 0.6 is 0 Å². The van der Waals surface area contributed by atoms with Crippen LogP contribution in [0.3, 0.4) is 0 Å². The molecule has 0 saturated carbocycles. The van der Waals surface area contributed by atoms with E-state index in [1.807, 2.05) is 7.05 Å². The van der Waals surface area contributed by atoms with E-state index in [0.717, 1.165) is 19.3 Å². The minimum atomic E-state index is 0.257. The van der Waals surface area contributed by atoms with Crippen molar-refractivity contribution >= 4 is 0 Å². The molecule has 1 rings (SSSR count). The van der Waals surface area contributed by atoms with Gasteiger partial charge in [0.05, 0.1) is 11.7 Å². The van der Waals surface area contributed by atoms with Crippen LogP contribution in [0.4, 0.5) is 0 Å². The van der Waals surface area contributed by atoms with Crippen LogP contribution in [0.25, 0.3) is 0 Å². The summed E-state index contributed by atoms with van der Waals surface area (Å²) in [6.07, 6.45) is 5.41. The highest BCUT2D eigenvalue weighted by atomic mass is 15.3. The Kier molecular flexibility index (Phi) is 5.39. The van der Waals surface area contributed by atoms with Gasteiger partial charge in [-0.15, -0.1) is 0 Å².